The smallest absolute Gasteiger partial charge is 0.267 e. The van der Waals surface area contributed by atoms with Crippen LogP contribution in [0.15, 0.2) is 41.5 Å². The first-order valence-electron chi connectivity index (χ1n) is 9.42. The lowest BCUT2D eigenvalue weighted by molar-refractivity contribution is 0.853. The van der Waals surface area contributed by atoms with Gasteiger partial charge in [-0.3, -0.25) is 14.6 Å². The summed E-state index contributed by atoms with van der Waals surface area (Å²) in [4.78, 5) is 16.7. The molecule has 2 N–H and O–H groups in total. The van der Waals surface area contributed by atoms with Crippen molar-refractivity contribution >= 4 is 23.7 Å². The van der Waals surface area contributed by atoms with Crippen molar-refractivity contribution in [3.05, 3.63) is 80.7 Å². The number of H-pyrrole nitrogens is 1. The zero-order chi connectivity index (χ0) is 20.0. The van der Waals surface area contributed by atoms with Gasteiger partial charge in [-0.2, -0.15) is 0 Å². The van der Waals surface area contributed by atoms with Crippen LogP contribution in [0.25, 0.3) is 11.3 Å². The van der Waals surface area contributed by atoms with E-state index in [2.05, 4.69) is 53.8 Å². The highest BCUT2D eigenvalue weighted by atomic mass is 35.5. The molecule has 0 bridgehead atoms. The van der Waals surface area contributed by atoms with E-state index in [0.717, 1.165) is 28.4 Å². The van der Waals surface area contributed by atoms with E-state index in [1.54, 1.807) is 11.6 Å². The Hall–Kier alpha value is -2.99. The lowest BCUT2D eigenvalue weighted by Gasteiger charge is -2.14. The number of hydrogen-bond donors (Lipinski definition) is 2. The predicted molar refractivity (Wildman–Crippen MR) is 120 cm³/mol. The van der Waals surface area contributed by atoms with Crippen molar-refractivity contribution in [2.75, 3.05) is 5.32 Å². The molecule has 1 aromatic carbocycles. The summed E-state index contributed by atoms with van der Waals surface area (Å²) in [5, 5.41) is 6.44. The number of anilines is 1. The molecule has 0 saturated heterocycles. The van der Waals surface area contributed by atoms with Gasteiger partial charge in [-0.25, -0.2) is 4.98 Å². The fraction of sp³-hybridized carbons (Fsp3) is 0.273. The molecule has 0 saturated carbocycles. The fourth-order valence-electron chi connectivity index (χ4n) is 3.55. The molecule has 0 aliphatic rings. The van der Waals surface area contributed by atoms with Gasteiger partial charge in [-0.1, -0.05) is 18.2 Å². The number of aromatic nitrogens is 4. The number of nitrogens with zero attached hydrogens (tertiary/aromatic N) is 3. The average Bonchev–Trinajstić information content (AvgIpc) is 3.14. The second-order valence-corrected chi connectivity index (χ2v) is 7.44. The first kappa shape index (κ1) is 20.7. The summed E-state index contributed by atoms with van der Waals surface area (Å²) < 4.78 is 3.83. The molecule has 0 spiro atoms. The fourth-order valence-corrected chi connectivity index (χ4v) is 3.55. The van der Waals surface area contributed by atoms with Crippen molar-refractivity contribution in [3.8, 4) is 5.69 Å². The van der Waals surface area contributed by atoms with Gasteiger partial charge >= 0.3 is 0 Å². The largest absolute Gasteiger partial charge is 0.378 e. The van der Waals surface area contributed by atoms with E-state index < -0.39 is 0 Å². The minimum atomic E-state index is -0.0799. The average molecular weight is 412 g/mol. The van der Waals surface area contributed by atoms with E-state index in [4.69, 9.17) is 4.98 Å². The summed E-state index contributed by atoms with van der Waals surface area (Å²) in [6.07, 6.45) is 3.82. The third-order valence-electron chi connectivity index (χ3n) is 5.46. The van der Waals surface area contributed by atoms with E-state index >= 15 is 0 Å². The van der Waals surface area contributed by atoms with Crippen LogP contribution >= 0.6 is 12.4 Å². The zero-order valence-electron chi connectivity index (χ0n) is 17.3. The first-order valence-corrected chi connectivity index (χ1v) is 9.42. The number of halogens is 1. The van der Waals surface area contributed by atoms with Gasteiger partial charge in [0.2, 0.25) is 0 Å². The summed E-state index contributed by atoms with van der Waals surface area (Å²) in [6, 6.07) is 8.38. The molecule has 0 atom stereocenters. The molecule has 0 aliphatic carbocycles. The molecule has 0 radical (unpaired) electrons. The second-order valence-electron chi connectivity index (χ2n) is 7.44. The van der Waals surface area contributed by atoms with Gasteiger partial charge in [0, 0.05) is 30.2 Å². The number of nitrogens with one attached hydrogen (secondary N) is 2. The molecular formula is C22H26ClN5O. The van der Waals surface area contributed by atoms with Crippen LogP contribution in [0.3, 0.4) is 0 Å². The van der Waals surface area contributed by atoms with Crippen LogP contribution in [0.4, 0.5) is 5.69 Å². The van der Waals surface area contributed by atoms with Gasteiger partial charge in [-0.05, 0) is 57.4 Å². The number of aromatic amines is 1. The standard InChI is InChI=1S/C22H25N5O.ClH/c1-13-7-6-8-14(2)19(13)10-23-20-9-18(27-11-15(3)22(28)25-27)12-26-17(5)16(4)24-21(20)26;/h6-9,11-12,23H,10H2,1-5H3,(H,25,28);1H. The van der Waals surface area contributed by atoms with Crippen molar-refractivity contribution in [2.24, 2.45) is 0 Å². The molecule has 4 rings (SSSR count). The summed E-state index contributed by atoms with van der Waals surface area (Å²) in [7, 11) is 0. The molecule has 3 heterocycles. The third-order valence-corrected chi connectivity index (χ3v) is 5.46. The van der Waals surface area contributed by atoms with Gasteiger partial charge in [-0.15, -0.1) is 12.4 Å². The quantitative estimate of drug-likeness (QED) is 0.523. The lowest BCUT2D eigenvalue weighted by atomic mass is 10.0. The topological polar surface area (TPSA) is 67.1 Å². The number of fused-ring (bicyclic) bond motifs is 1. The predicted octanol–water partition coefficient (Wildman–Crippen LogP) is 4.39. The summed E-state index contributed by atoms with van der Waals surface area (Å²) in [6.45, 7) is 10.8. The molecule has 0 unspecified atom stereocenters. The van der Waals surface area contributed by atoms with Gasteiger partial charge in [0.25, 0.3) is 5.56 Å². The van der Waals surface area contributed by atoms with E-state index in [-0.39, 0.29) is 18.0 Å². The van der Waals surface area contributed by atoms with E-state index in [1.165, 1.54) is 16.7 Å². The SMILES string of the molecule is Cc1cccc(C)c1CNc1cc(-n2cc(C)c(=O)[nH]2)cn2c(C)c(C)nc12.Cl. The van der Waals surface area contributed by atoms with Crippen LogP contribution in [0, 0.1) is 34.6 Å². The molecule has 3 aromatic heterocycles. The summed E-state index contributed by atoms with van der Waals surface area (Å²) >= 11 is 0. The van der Waals surface area contributed by atoms with Crippen molar-refractivity contribution in [1.29, 1.82) is 0 Å². The van der Waals surface area contributed by atoms with Crippen LogP contribution in [0.2, 0.25) is 0 Å². The van der Waals surface area contributed by atoms with Crippen LogP contribution in [-0.4, -0.2) is 19.2 Å². The molecule has 4 aromatic rings. The highest BCUT2D eigenvalue weighted by molar-refractivity contribution is 5.85. The Balaban J connectivity index is 0.00000240. The maximum atomic E-state index is 11.9. The maximum absolute atomic E-state index is 11.9. The summed E-state index contributed by atoms with van der Waals surface area (Å²) in [5.74, 6) is 0. The number of aryl methyl sites for hydroxylation is 5. The number of hydrogen-bond acceptors (Lipinski definition) is 3. The Morgan fingerprint density at radius 1 is 1.03 bits per heavy atom. The van der Waals surface area contributed by atoms with Crippen molar-refractivity contribution in [1.82, 2.24) is 19.2 Å². The van der Waals surface area contributed by atoms with Crippen molar-refractivity contribution in [3.63, 3.8) is 0 Å². The highest BCUT2D eigenvalue weighted by Crippen LogP contribution is 2.25. The molecule has 0 aliphatic heterocycles. The first-order chi connectivity index (χ1) is 13.3. The molecule has 29 heavy (non-hydrogen) atoms. The molecular weight excluding hydrogens is 386 g/mol. The molecule has 0 amide bonds. The minimum absolute atomic E-state index is 0. The van der Waals surface area contributed by atoms with Crippen LogP contribution in [0.5, 0.6) is 0 Å². The van der Waals surface area contributed by atoms with Crippen LogP contribution < -0.4 is 10.9 Å². The van der Waals surface area contributed by atoms with E-state index in [0.29, 0.717) is 12.1 Å². The van der Waals surface area contributed by atoms with Gasteiger partial charge in [0.15, 0.2) is 5.65 Å². The van der Waals surface area contributed by atoms with Crippen LogP contribution in [0.1, 0.15) is 33.6 Å². The lowest BCUT2D eigenvalue weighted by Crippen LogP contribution is -2.08. The molecule has 6 nitrogen and oxygen atoms in total. The molecule has 0 fully saturated rings. The Kier molecular flexibility index (Phi) is 5.57. The number of benzene rings is 1. The normalized spacial score (nSPS) is 10.9. The van der Waals surface area contributed by atoms with Gasteiger partial charge in [0.1, 0.15) is 0 Å². The Labute approximate surface area is 176 Å². The van der Waals surface area contributed by atoms with Gasteiger partial charge in [0.05, 0.1) is 17.1 Å². The zero-order valence-corrected chi connectivity index (χ0v) is 18.1. The Morgan fingerprint density at radius 2 is 1.72 bits per heavy atom. The van der Waals surface area contributed by atoms with Crippen LogP contribution in [-0.2, 0) is 6.54 Å². The highest BCUT2D eigenvalue weighted by Gasteiger charge is 2.13. The number of imidazole rings is 1. The summed E-state index contributed by atoms with van der Waals surface area (Å²) in [5.41, 5.74) is 9.19. The van der Waals surface area contributed by atoms with E-state index in [9.17, 15) is 4.79 Å². The minimum Gasteiger partial charge on any atom is -0.378 e. The maximum Gasteiger partial charge on any atom is 0.267 e. The number of rotatable bonds is 4. The van der Waals surface area contributed by atoms with E-state index in [1.807, 2.05) is 25.4 Å². The molecule has 152 valence electrons. The third kappa shape index (κ3) is 3.68. The van der Waals surface area contributed by atoms with Crippen molar-refractivity contribution < 1.29 is 0 Å². The Morgan fingerprint density at radius 3 is 2.34 bits per heavy atom. The monoisotopic (exact) mass is 411 g/mol. The van der Waals surface area contributed by atoms with Gasteiger partial charge < -0.3 is 9.72 Å². The van der Waals surface area contributed by atoms with Crippen molar-refractivity contribution in [2.45, 2.75) is 41.2 Å². The molecule has 7 heteroatoms. The number of pyridine rings is 1. The Bertz CT molecular complexity index is 1230. The second kappa shape index (κ2) is 7.79.